The van der Waals surface area contributed by atoms with E-state index < -0.39 is 11.9 Å². The molecule has 0 spiro atoms. The van der Waals surface area contributed by atoms with Crippen LogP contribution in [0.3, 0.4) is 0 Å². The van der Waals surface area contributed by atoms with Crippen molar-refractivity contribution < 1.29 is 9.90 Å². The molecule has 0 saturated carbocycles. The highest BCUT2D eigenvalue weighted by Gasteiger charge is 2.17. The number of carboxylic acid groups (broad SMARTS) is 1. The van der Waals surface area contributed by atoms with Gasteiger partial charge in [-0.15, -0.1) is 0 Å². The summed E-state index contributed by atoms with van der Waals surface area (Å²) >= 11 is 1.85. The molecule has 1 rings (SSSR count). The first-order valence-electron chi connectivity index (χ1n) is 7.02. The highest BCUT2D eigenvalue weighted by atomic mass is 32.2. The maximum atomic E-state index is 11.0. The number of hydrogen-bond donors (Lipinski definition) is 1. The fourth-order valence-electron chi connectivity index (χ4n) is 1.90. The van der Waals surface area contributed by atoms with Crippen LogP contribution in [0, 0.1) is 19.8 Å². The summed E-state index contributed by atoms with van der Waals surface area (Å²) in [6.45, 7) is 9.97. The van der Waals surface area contributed by atoms with Crippen LogP contribution in [0.5, 0.6) is 0 Å². The molecular formula is C15H24N2O2S. The summed E-state index contributed by atoms with van der Waals surface area (Å²) in [4.78, 5) is 20.0. The summed E-state index contributed by atoms with van der Waals surface area (Å²) in [6, 6.07) is 0. The number of nitrogens with zero attached hydrogens (tertiary/aromatic N) is 2. The Morgan fingerprint density at radius 1 is 1.25 bits per heavy atom. The smallest absolute Gasteiger partial charge is 0.306 e. The fraction of sp³-hybridized carbons (Fsp3) is 0.667. The van der Waals surface area contributed by atoms with Gasteiger partial charge in [0.2, 0.25) is 0 Å². The molecule has 5 heteroatoms. The van der Waals surface area contributed by atoms with Crippen molar-refractivity contribution in [3.63, 3.8) is 0 Å². The Morgan fingerprint density at radius 3 is 2.25 bits per heavy atom. The molecule has 1 N–H and O–H groups in total. The van der Waals surface area contributed by atoms with Crippen molar-refractivity contribution in [1.82, 2.24) is 9.97 Å². The second kappa shape index (κ2) is 7.62. The molecule has 112 valence electrons. The maximum absolute atomic E-state index is 11.0. The molecule has 0 fully saturated rings. The molecular weight excluding hydrogens is 272 g/mol. The molecule has 0 amide bonds. The Bertz CT molecular complexity index is 454. The summed E-state index contributed by atoms with van der Waals surface area (Å²) in [7, 11) is 0. The van der Waals surface area contributed by atoms with Gasteiger partial charge < -0.3 is 5.11 Å². The Labute approximate surface area is 125 Å². The van der Waals surface area contributed by atoms with Crippen molar-refractivity contribution in [1.29, 1.82) is 0 Å². The predicted octanol–water partition coefficient (Wildman–Crippen LogP) is 3.39. The van der Waals surface area contributed by atoms with Crippen LogP contribution in [0.15, 0.2) is 0 Å². The Hall–Kier alpha value is -1.10. The number of carbonyl (C=O) groups is 1. The van der Waals surface area contributed by atoms with E-state index in [1.807, 2.05) is 25.6 Å². The monoisotopic (exact) mass is 296 g/mol. The van der Waals surface area contributed by atoms with Gasteiger partial charge in [-0.3, -0.25) is 4.79 Å². The van der Waals surface area contributed by atoms with E-state index >= 15 is 0 Å². The number of thioether (sulfide) groups is 1. The van der Waals surface area contributed by atoms with Gasteiger partial charge in [0, 0.05) is 16.6 Å². The number of carboxylic acids is 1. The van der Waals surface area contributed by atoms with Crippen molar-refractivity contribution in [3.05, 3.63) is 22.8 Å². The third-order valence-corrected chi connectivity index (χ3v) is 4.80. The minimum Gasteiger partial charge on any atom is -0.481 e. The van der Waals surface area contributed by atoms with Gasteiger partial charge in [-0.05, 0) is 32.3 Å². The van der Waals surface area contributed by atoms with Crippen molar-refractivity contribution in [2.45, 2.75) is 58.5 Å². The first-order chi connectivity index (χ1) is 9.35. The highest BCUT2D eigenvalue weighted by molar-refractivity contribution is 7.99. The first-order valence-corrected chi connectivity index (χ1v) is 8.07. The first kappa shape index (κ1) is 17.0. The molecule has 4 nitrogen and oxygen atoms in total. The Kier molecular flexibility index (Phi) is 6.46. The van der Waals surface area contributed by atoms with E-state index in [0.717, 1.165) is 34.9 Å². The Balaban J connectivity index is 2.83. The van der Waals surface area contributed by atoms with Crippen LogP contribution in [-0.4, -0.2) is 26.3 Å². The van der Waals surface area contributed by atoms with Crippen LogP contribution in [-0.2, 0) is 17.0 Å². The van der Waals surface area contributed by atoms with Crippen LogP contribution >= 0.6 is 11.8 Å². The third-order valence-electron chi connectivity index (χ3n) is 3.47. The van der Waals surface area contributed by atoms with Crippen molar-refractivity contribution in [2.75, 3.05) is 0 Å². The average molecular weight is 296 g/mol. The molecule has 0 aliphatic carbocycles. The van der Waals surface area contributed by atoms with Crippen molar-refractivity contribution in [2.24, 2.45) is 5.92 Å². The van der Waals surface area contributed by atoms with E-state index in [0.29, 0.717) is 11.7 Å². The van der Waals surface area contributed by atoms with Crippen LogP contribution in [0.2, 0.25) is 0 Å². The van der Waals surface area contributed by atoms with Crippen molar-refractivity contribution >= 4 is 17.7 Å². The van der Waals surface area contributed by atoms with Gasteiger partial charge in [0.25, 0.3) is 0 Å². The minimum absolute atomic E-state index is 0.406. The SMILES string of the molecule is CCC(C)SCc1nc(C)c(CC(C)C(=O)O)c(C)n1. The normalized spacial score (nSPS) is 14.1. The van der Waals surface area contributed by atoms with E-state index in [2.05, 4.69) is 23.8 Å². The average Bonchev–Trinajstić information content (AvgIpc) is 2.39. The van der Waals surface area contributed by atoms with Crippen molar-refractivity contribution in [3.8, 4) is 0 Å². The summed E-state index contributed by atoms with van der Waals surface area (Å²) in [5.41, 5.74) is 2.79. The second-order valence-electron chi connectivity index (χ2n) is 5.26. The van der Waals surface area contributed by atoms with E-state index in [1.54, 1.807) is 6.92 Å². The summed E-state index contributed by atoms with van der Waals surface area (Å²) in [5.74, 6) is 0.472. The maximum Gasteiger partial charge on any atom is 0.306 e. The van der Waals surface area contributed by atoms with Crippen LogP contribution in [0.4, 0.5) is 0 Å². The molecule has 1 aromatic rings. The van der Waals surface area contributed by atoms with Gasteiger partial charge >= 0.3 is 5.97 Å². The lowest BCUT2D eigenvalue weighted by Gasteiger charge is -2.14. The summed E-state index contributed by atoms with van der Waals surface area (Å²) < 4.78 is 0. The molecule has 0 aliphatic heterocycles. The van der Waals surface area contributed by atoms with Crippen LogP contribution in [0.1, 0.15) is 50.0 Å². The number of rotatable bonds is 7. The van der Waals surface area contributed by atoms with Gasteiger partial charge in [-0.25, -0.2) is 9.97 Å². The molecule has 2 atom stereocenters. The zero-order valence-electron chi connectivity index (χ0n) is 12.9. The van der Waals surface area contributed by atoms with Crippen LogP contribution < -0.4 is 0 Å². The fourth-order valence-corrected chi connectivity index (χ4v) is 2.70. The quantitative estimate of drug-likeness (QED) is 0.835. The molecule has 20 heavy (non-hydrogen) atoms. The number of hydrogen-bond acceptors (Lipinski definition) is 4. The van der Waals surface area contributed by atoms with E-state index in [1.165, 1.54) is 0 Å². The molecule has 0 bridgehead atoms. The zero-order chi connectivity index (χ0) is 15.3. The van der Waals surface area contributed by atoms with Gasteiger partial charge in [0.05, 0.1) is 11.7 Å². The number of aromatic nitrogens is 2. The van der Waals surface area contributed by atoms with Gasteiger partial charge in [0.1, 0.15) is 5.82 Å². The number of aryl methyl sites for hydroxylation is 2. The van der Waals surface area contributed by atoms with E-state index in [-0.39, 0.29) is 0 Å². The third kappa shape index (κ3) is 4.78. The molecule has 0 aliphatic rings. The molecule has 2 unspecified atom stereocenters. The zero-order valence-corrected chi connectivity index (χ0v) is 13.8. The predicted molar refractivity (Wildman–Crippen MR) is 83.1 cm³/mol. The summed E-state index contributed by atoms with van der Waals surface area (Å²) in [6.07, 6.45) is 1.63. The Morgan fingerprint density at radius 2 is 1.80 bits per heavy atom. The highest BCUT2D eigenvalue weighted by Crippen LogP contribution is 2.21. The molecule has 0 saturated heterocycles. The summed E-state index contributed by atoms with van der Waals surface area (Å²) in [5, 5.41) is 9.61. The minimum atomic E-state index is -0.778. The molecule has 1 heterocycles. The number of aliphatic carboxylic acids is 1. The van der Waals surface area contributed by atoms with Crippen LogP contribution in [0.25, 0.3) is 0 Å². The lowest BCUT2D eigenvalue weighted by atomic mass is 9.99. The second-order valence-corrected chi connectivity index (χ2v) is 6.69. The van der Waals surface area contributed by atoms with E-state index in [4.69, 9.17) is 5.11 Å². The molecule has 1 aromatic heterocycles. The largest absolute Gasteiger partial charge is 0.481 e. The lowest BCUT2D eigenvalue weighted by molar-refractivity contribution is -0.141. The lowest BCUT2D eigenvalue weighted by Crippen LogP contribution is -2.15. The van der Waals surface area contributed by atoms with Gasteiger partial charge in [-0.2, -0.15) is 11.8 Å². The molecule has 0 aromatic carbocycles. The molecule has 0 radical (unpaired) electrons. The van der Waals surface area contributed by atoms with Gasteiger partial charge in [-0.1, -0.05) is 20.8 Å². The topological polar surface area (TPSA) is 63.1 Å². The van der Waals surface area contributed by atoms with Gasteiger partial charge in [0.15, 0.2) is 0 Å². The standard InChI is InChI=1S/C15H24N2O2S/c1-6-10(3)20-8-14-16-11(4)13(12(5)17-14)7-9(2)15(18)19/h9-10H,6-8H2,1-5H3,(H,18,19). The van der Waals surface area contributed by atoms with E-state index in [9.17, 15) is 4.79 Å².